The Morgan fingerprint density at radius 2 is 1.84 bits per heavy atom. The fourth-order valence-corrected chi connectivity index (χ4v) is 4.11. The summed E-state index contributed by atoms with van der Waals surface area (Å²) in [4.78, 5) is 7.57. The number of para-hydroxylation sites is 2. The van der Waals surface area contributed by atoms with E-state index in [0.29, 0.717) is 10.9 Å². The Labute approximate surface area is 196 Å². The van der Waals surface area contributed by atoms with E-state index in [1.54, 1.807) is 48.2 Å². The van der Waals surface area contributed by atoms with Gasteiger partial charge in [-0.2, -0.15) is 0 Å². The van der Waals surface area contributed by atoms with Crippen molar-refractivity contribution in [1.29, 1.82) is 0 Å². The molecule has 0 spiro atoms. The van der Waals surface area contributed by atoms with Gasteiger partial charge in [-0.1, -0.05) is 29.8 Å². The number of hydrogen-bond donors (Lipinski definition) is 2. The quantitative estimate of drug-likeness (QED) is 0.407. The molecule has 0 saturated carbocycles. The maximum Gasteiger partial charge on any atom is 0.202 e. The fourth-order valence-electron chi connectivity index (χ4n) is 3.30. The van der Waals surface area contributed by atoms with Crippen LogP contribution in [-0.4, -0.2) is 25.5 Å². The van der Waals surface area contributed by atoms with Crippen LogP contribution in [0.5, 0.6) is 5.75 Å². The molecule has 0 amide bonds. The highest BCUT2D eigenvalue weighted by Crippen LogP contribution is 2.33. The topological polar surface area (TPSA) is 48.9 Å². The molecule has 1 unspecified atom stereocenters. The van der Waals surface area contributed by atoms with E-state index in [0.717, 1.165) is 22.0 Å². The second-order valence-corrected chi connectivity index (χ2v) is 8.13. The number of anilines is 3. The summed E-state index contributed by atoms with van der Waals surface area (Å²) in [5.74, 6) is 0.955. The SMILES string of the molecule is COc1ccc(NC2N=C(Nc3ccccc3SC)C=CN2c2c(F)cccc2Cl)cc1. The Balaban J connectivity index is 1.67. The average molecular weight is 469 g/mol. The lowest BCUT2D eigenvalue weighted by atomic mass is 10.2. The van der Waals surface area contributed by atoms with E-state index in [1.807, 2.05) is 54.8 Å². The van der Waals surface area contributed by atoms with Crippen molar-refractivity contribution in [2.45, 2.75) is 11.2 Å². The van der Waals surface area contributed by atoms with Crippen LogP contribution in [0.4, 0.5) is 21.5 Å². The van der Waals surface area contributed by atoms with E-state index in [9.17, 15) is 4.39 Å². The summed E-state index contributed by atoms with van der Waals surface area (Å²) in [6.45, 7) is 0. The van der Waals surface area contributed by atoms with Crippen molar-refractivity contribution in [2.24, 2.45) is 4.99 Å². The number of methoxy groups -OCH3 is 1. The monoisotopic (exact) mass is 468 g/mol. The average Bonchev–Trinajstić information content (AvgIpc) is 2.81. The molecular formula is C24H22ClFN4OS. The number of rotatable bonds is 6. The molecule has 1 aliphatic heterocycles. The molecule has 0 saturated heterocycles. The zero-order valence-corrected chi connectivity index (χ0v) is 19.1. The maximum atomic E-state index is 14.7. The minimum Gasteiger partial charge on any atom is -0.497 e. The van der Waals surface area contributed by atoms with Crippen LogP contribution >= 0.6 is 23.4 Å². The number of nitrogens with zero attached hydrogens (tertiary/aromatic N) is 2. The summed E-state index contributed by atoms with van der Waals surface area (Å²) in [5.41, 5.74) is 2.00. The largest absolute Gasteiger partial charge is 0.497 e. The summed E-state index contributed by atoms with van der Waals surface area (Å²) in [6.07, 6.45) is 4.95. The lowest BCUT2D eigenvalue weighted by Crippen LogP contribution is -2.40. The molecule has 0 fully saturated rings. The molecule has 3 aromatic rings. The van der Waals surface area contributed by atoms with Crippen molar-refractivity contribution in [3.8, 4) is 5.75 Å². The van der Waals surface area contributed by atoms with E-state index < -0.39 is 12.1 Å². The van der Waals surface area contributed by atoms with Crippen LogP contribution in [-0.2, 0) is 0 Å². The van der Waals surface area contributed by atoms with Gasteiger partial charge in [-0.05, 0) is 60.9 Å². The van der Waals surface area contributed by atoms with Crippen molar-refractivity contribution in [2.75, 3.05) is 28.9 Å². The Kier molecular flexibility index (Phi) is 6.87. The maximum absolute atomic E-state index is 14.7. The van der Waals surface area contributed by atoms with Gasteiger partial charge < -0.3 is 20.3 Å². The molecule has 164 valence electrons. The van der Waals surface area contributed by atoms with Gasteiger partial charge in [-0.25, -0.2) is 9.38 Å². The van der Waals surface area contributed by atoms with Crippen molar-refractivity contribution >= 4 is 46.3 Å². The minimum absolute atomic E-state index is 0.253. The number of ether oxygens (including phenoxy) is 1. The fraction of sp³-hybridized carbons (Fsp3) is 0.125. The number of halogens is 2. The van der Waals surface area contributed by atoms with Gasteiger partial charge >= 0.3 is 0 Å². The standard InChI is InChI=1S/C24H22ClFN4OS/c1-31-17-12-10-16(11-13-17)27-24-29-22(28-20-8-3-4-9-21(20)32-2)14-15-30(24)23-18(25)6-5-7-19(23)26/h3-15,24,27H,1-2H3,(H,28,29). The summed E-state index contributed by atoms with van der Waals surface area (Å²) >= 11 is 8.00. The Bertz CT molecular complexity index is 1130. The van der Waals surface area contributed by atoms with Gasteiger partial charge in [-0.3, -0.25) is 0 Å². The van der Waals surface area contributed by atoms with Gasteiger partial charge in [0.15, 0.2) is 0 Å². The lowest BCUT2D eigenvalue weighted by molar-refractivity contribution is 0.415. The van der Waals surface area contributed by atoms with Crippen LogP contribution in [0, 0.1) is 5.82 Å². The normalized spacial score (nSPS) is 15.3. The predicted molar refractivity (Wildman–Crippen MR) is 133 cm³/mol. The molecule has 2 N–H and O–H groups in total. The van der Waals surface area contributed by atoms with Gasteiger partial charge in [0.25, 0.3) is 0 Å². The molecule has 0 bridgehead atoms. The number of aliphatic imine (C=N–C) groups is 1. The van der Waals surface area contributed by atoms with Crippen LogP contribution in [0.3, 0.4) is 0 Å². The molecule has 32 heavy (non-hydrogen) atoms. The first kappa shape index (κ1) is 22.0. The first-order chi connectivity index (χ1) is 15.6. The molecule has 3 aromatic carbocycles. The Hall–Kier alpha value is -3.16. The van der Waals surface area contributed by atoms with Crippen LogP contribution in [0.15, 0.2) is 88.9 Å². The van der Waals surface area contributed by atoms with Gasteiger partial charge in [0.2, 0.25) is 6.29 Å². The van der Waals surface area contributed by atoms with Crippen molar-refractivity contribution in [3.05, 3.63) is 89.8 Å². The summed E-state index contributed by atoms with van der Waals surface area (Å²) in [7, 11) is 1.62. The second-order valence-electron chi connectivity index (χ2n) is 6.88. The highest BCUT2D eigenvalue weighted by molar-refractivity contribution is 7.98. The van der Waals surface area contributed by atoms with E-state index in [4.69, 9.17) is 21.3 Å². The van der Waals surface area contributed by atoms with Gasteiger partial charge in [0.05, 0.1) is 23.5 Å². The number of hydrogen-bond acceptors (Lipinski definition) is 6. The molecule has 0 aliphatic carbocycles. The minimum atomic E-state index is -0.633. The molecule has 0 aromatic heterocycles. The Morgan fingerprint density at radius 3 is 2.56 bits per heavy atom. The van der Waals surface area contributed by atoms with Gasteiger partial charge in [-0.15, -0.1) is 11.8 Å². The van der Waals surface area contributed by atoms with Gasteiger partial charge in [0, 0.05) is 16.8 Å². The smallest absolute Gasteiger partial charge is 0.202 e. The molecule has 8 heteroatoms. The molecule has 1 heterocycles. The van der Waals surface area contributed by atoms with Gasteiger partial charge in [0.1, 0.15) is 17.4 Å². The van der Waals surface area contributed by atoms with E-state index >= 15 is 0 Å². The molecule has 1 atom stereocenters. The predicted octanol–water partition coefficient (Wildman–Crippen LogP) is 6.45. The van der Waals surface area contributed by atoms with Crippen LogP contribution in [0.25, 0.3) is 0 Å². The van der Waals surface area contributed by atoms with E-state index in [1.165, 1.54) is 6.07 Å². The van der Waals surface area contributed by atoms with Crippen molar-refractivity contribution in [3.63, 3.8) is 0 Å². The Morgan fingerprint density at radius 1 is 1.06 bits per heavy atom. The molecular weight excluding hydrogens is 447 g/mol. The van der Waals surface area contributed by atoms with E-state index in [2.05, 4.69) is 10.6 Å². The summed E-state index contributed by atoms with van der Waals surface area (Å²) < 4.78 is 19.9. The molecule has 5 nitrogen and oxygen atoms in total. The summed E-state index contributed by atoms with van der Waals surface area (Å²) in [6, 6.07) is 20.1. The highest BCUT2D eigenvalue weighted by atomic mass is 35.5. The zero-order chi connectivity index (χ0) is 22.5. The summed E-state index contributed by atoms with van der Waals surface area (Å²) in [5, 5.41) is 7.01. The third kappa shape index (κ3) is 4.84. The second kappa shape index (κ2) is 9.97. The molecule has 0 radical (unpaired) electrons. The first-order valence-electron chi connectivity index (χ1n) is 9.88. The van der Waals surface area contributed by atoms with Crippen LogP contribution < -0.4 is 20.3 Å². The zero-order valence-electron chi connectivity index (χ0n) is 17.5. The van der Waals surface area contributed by atoms with Crippen molar-refractivity contribution in [1.82, 2.24) is 0 Å². The molecule has 1 aliphatic rings. The number of nitrogens with one attached hydrogen (secondary N) is 2. The third-order valence-corrected chi connectivity index (χ3v) is 5.97. The van der Waals surface area contributed by atoms with Crippen molar-refractivity contribution < 1.29 is 9.13 Å². The number of benzene rings is 3. The third-order valence-electron chi connectivity index (χ3n) is 4.87. The highest BCUT2D eigenvalue weighted by Gasteiger charge is 2.25. The lowest BCUT2D eigenvalue weighted by Gasteiger charge is -2.33. The van der Waals surface area contributed by atoms with E-state index in [-0.39, 0.29) is 5.69 Å². The molecule has 4 rings (SSSR count). The number of thioether (sulfide) groups is 1. The van der Waals surface area contributed by atoms with Crippen LogP contribution in [0.2, 0.25) is 5.02 Å². The van der Waals surface area contributed by atoms with Crippen LogP contribution in [0.1, 0.15) is 0 Å². The number of amidine groups is 1. The first-order valence-corrected chi connectivity index (χ1v) is 11.5.